The first kappa shape index (κ1) is 14.5. The van der Waals surface area contributed by atoms with Crippen LogP contribution in [0.5, 0.6) is 5.75 Å². The fourth-order valence-electron chi connectivity index (χ4n) is 2.09. The Morgan fingerprint density at radius 1 is 1.18 bits per heavy atom. The van der Waals surface area contributed by atoms with Crippen molar-refractivity contribution in [2.75, 3.05) is 0 Å². The van der Waals surface area contributed by atoms with Gasteiger partial charge in [0.2, 0.25) is 0 Å². The number of aromatic nitrogens is 1. The second-order valence-corrected chi connectivity index (χ2v) is 6.84. The quantitative estimate of drug-likeness (QED) is 0.708. The van der Waals surface area contributed by atoms with E-state index in [1.807, 2.05) is 32.0 Å². The maximum Gasteiger partial charge on any atom is 0.152 e. The van der Waals surface area contributed by atoms with Gasteiger partial charge in [0.1, 0.15) is 22.9 Å². The summed E-state index contributed by atoms with van der Waals surface area (Å²) in [4.78, 5) is 5.23. The summed E-state index contributed by atoms with van der Waals surface area (Å²) in [6.45, 7) is 3.91. The van der Waals surface area contributed by atoms with Crippen LogP contribution in [0, 0.1) is 22.7 Å². The molecule has 0 saturated heterocycles. The van der Waals surface area contributed by atoms with Crippen molar-refractivity contribution in [2.45, 2.75) is 20.0 Å². The molecule has 0 aliphatic heterocycles. The van der Waals surface area contributed by atoms with Crippen LogP contribution in [-0.2, 0) is 0 Å². The normalized spacial score (nSPS) is 10.6. The molecule has 0 bridgehead atoms. The summed E-state index contributed by atoms with van der Waals surface area (Å²) in [7, 11) is 0. The molecule has 22 heavy (non-hydrogen) atoms. The average Bonchev–Trinajstić information content (AvgIpc) is 3.11. The average molecular weight is 325 g/mol. The minimum absolute atomic E-state index is 0.0549. The fourth-order valence-corrected chi connectivity index (χ4v) is 4.01. The zero-order valence-corrected chi connectivity index (χ0v) is 13.6. The Hall–Kier alpha value is -2.41. The SMILES string of the molecule is CC(C)Oc1cc(C#N)c2sc(-c3nc(C#N)cs3)cc2c1. The molecule has 0 aliphatic carbocycles. The Morgan fingerprint density at radius 2 is 2.00 bits per heavy atom. The molecule has 6 heteroatoms. The number of rotatable bonds is 3. The van der Waals surface area contributed by atoms with Gasteiger partial charge < -0.3 is 4.74 Å². The predicted octanol–water partition coefficient (Wildman–Crippen LogP) is 4.56. The molecule has 1 aromatic carbocycles. The van der Waals surface area contributed by atoms with Crippen molar-refractivity contribution in [3.63, 3.8) is 0 Å². The lowest BCUT2D eigenvalue weighted by Gasteiger charge is -2.09. The highest BCUT2D eigenvalue weighted by atomic mass is 32.1. The summed E-state index contributed by atoms with van der Waals surface area (Å²) in [6, 6.07) is 9.96. The van der Waals surface area contributed by atoms with Gasteiger partial charge in [0.25, 0.3) is 0 Å². The summed E-state index contributed by atoms with van der Waals surface area (Å²) in [6.07, 6.45) is 0.0549. The Balaban J connectivity index is 2.12. The van der Waals surface area contributed by atoms with Crippen molar-refractivity contribution in [3.8, 4) is 27.8 Å². The Morgan fingerprint density at radius 3 is 2.64 bits per heavy atom. The molecule has 108 valence electrons. The van der Waals surface area contributed by atoms with Gasteiger partial charge in [-0.05, 0) is 37.4 Å². The first-order valence-electron chi connectivity index (χ1n) is 6.61. The third-order valence-corrected chi connectivity index (χ3v) is 5.11. The standard InChI is InChI=1S/C16H11N3OS2/c1-9(2)20-13-3-10-5-14(16-19-12(7-18)8-21-16)22-15(10)11(4-13)6-17/h3-5,8-9H,1-2H3. The van der Waals surface area contributed by atoms with E-state index in [4.69, 9.17) is 10.00 Å². The van der Waals surface area contributed by atoms with Crippen LogP contribution in [0.4, 0.5) is 0 Å². The summed E-state index contributed by atoms with van der Waals surface area (Å²) in [5.74, 6) is 0.695. The fraction of sp³-hybridized carbons (Fsp3) is 0.188. The lowest BCUT2D eigenvalue weighted by molar-refractivity contribution is 0.242. The van der Waals surface area contributed by atoms with Gasteiger partial charge in [-0.25, -0.2) is 4.98 Å². The van der Waals surface area contributed by atoms with Crippen LogP contribution in [0.15, 0.2) is 23.6 Å². The molecule has 3 rings (SSSR count). The van der Waals surface area contributed by atoms with Gasteiger partial charge in [0.05, 0.1) is 21.2 Å². The molecule has 0 aliphatic rings. The van der Waals surface area contributed by atoms with Gasteiger partial charge in [0.15, 0.2) is 5.69 Å². The highest BCUT2D eigenvalue weighted by molar-refractivity contribution is 7.25. The maximum absolute atomic E-state index is 9.36. The van der Waals surface area contributed by atoms with E-state index in [-0.39, 0.29) is 6.10 Å². The molecule has 0 fully saturated rings. The van der Waals surface area contributed by atoms with Crippen LogP contribution < -0.4 is 4.74 Å². The molecule has 2 heterocycles. The first-order chi connectivity index (χ1) is 10.6. The van der Waals surface area contributed by atoms with E-state index in [1.54, 1.807) is 11.4 Å². The van der Waals surface area contributed by atoms with E-state index >= 15 is 0 Å². The third-order valence-electron chi connectivity index (χ3n) is 2.91. The van der Waals surface area contributed by atoms with Gasteiger partial charge in [-0.2, -0.15) is 10.5 Å². The topological polar surface area (TPSA) is 69.7 Å². The summed E-state index contributed by atoms with van der Waals surface area (Å²) >= 11 is 2.95. The van der Waals surface area contributed by atoms with Crippen LogP contribution in [0.1, 0.15) is 25.1 Å². The zero-order chi connectivity index (χ0) is 15.7. The van der Waals surface area contributed by atoms with Crippen LogP contribution in [-0.4, -0.2) is 11.1 Å². The molecule has 4 nitrogen and oxygen atoms in total. The molecule has 0 atom stereocenters. The van der Waals surface area contributed by atoms with E-state index in [0.29, 0.717) is 17.0 Å². The second-order valence-electron chi connectivity index (χ2n) is 4.93. The number of fused-ring (bicyclic) bond motifs is 1. The van der Waals surface area contributed by atoms with E-state index in [9.17, 15) is 5.26 Å². The Kier molecular flexibility index (Phi) is 3.81. The van der Waals surface area contributed by atoms with Gasteiger partial charge in [-0.1, -0.05) is 0 Å². The van der Waals surface area contributed by atoms with Gasteiger partial charge in [-0.3, -0.25) is 0 Å². The number of ether oxygens (including phenoxy) is 1. The molecule has 0 amide bonds. The molecule has 0 spiro atoms. The van der Waals surface area contributed by atoms with Crippen molar-refractivity contribution in [2.24, 2.45) is 0 Å². The monoisotopic (exact) mass is 325 g/mol. The van der Waals surface area contributed by atoms with Gasteiger partial charge >= 0.3 is 0 Å². The molecule has 0 saturated carbocycles. The molecule has 3 aromatic rings. The molecular formula is C16H11N3OS2. The minimum Gasteiger partial charge on any atom is -0.491 e. The summed E-state index contributed by atoms with van der Waals surface area (Å²) < 4.78 is 6.62. The lowest BCUT2D eigenvalue weighted by Crippen LogP contribution is -2.05. The summed E-state index contributed by atoms with van der Waals surface area (Å²) in [5.41, 5.74) is 1.02. The molecular weight excluding hydrogens is 314 g/mol. The van der Waals surface area contributed by atoms with Gasteiger partial charge in [0, 0.05) is 5.38 Å². The number of nitrogens with zero attached hydrogens (tertiary/aromatic N) is 3. The number of thiazole rings is 1. The van der Waals surface area contributed by atoms with E-state index in [1.165, 1.54) is 22.7 Å². The molecule has 0 unspecified atom stereocenters. The number of hydrogen-bond donors (Lipinski definition) is 0. The number of benzene rings is 1. The predicted molar refractivity (Wildman–Crippen MR) is 88.1 cm³/mol. The van der Waals surface area contributed by atoms with Crippen molar-refractivity contribution >= 4 is 32.8 Å². The Labute approximate surface area is 135 Å². The zero-order valence-electron chi connectivity index (χ0n) is 12.0. The molecule has 0 radical (unpaired) electrons. The third kappa shape index (κ3) is 2.67. The van der Waals surface area contributed by atoms with Crippen LogP contribution >= 0.6 is 22.7 Å². The maximum atomic E-state index is 9.36. The van der Waals surface area contributed by atoms with E-state index in [0.717, 1.165) is 20.0 Å². The Bertz CT molecular complexity index is 925. The number of thiophene rings is 1. The largest absolute Gasteiger partial charge is 0.491 e. The van der Waals surface area contributed by atoms with Crippen molar-refractivity contribution < 1.29 is 4.74 Å². The highest BCUT2D eigenvalue weighted by Crippen LogP contribution is 2.38. The number of nitriles is 2. The number of hydrogen-bond acceptors (Lipinski definition) is 6. The smallest absolute Gasteiger partial charge is 0.152 e. The van der Waals surface area contributed by atoms with Crippen LogP contribution in [0.2, 0.25) is 0 Å². The van der Waals surface area contributed by atoms with Crippen LogP contribution in [0.25, 0.3) is 20.0 Å². The first-order valence-corrected chi connectivity index (χ1v) is 8.30. The van der Waals surface area contributed by atoms with Crippen molar-refractivity contribution in [3.05, 3.63) is 34.8 Å². The van der Waals surface area contributed by atoms with Crippen LogP contribution in [0.3, 0.4) is 0 Å². The summed E-state index contributed by atoms with van der Waals surface area (Å²) in [5, 5.41) is 21.7. The van der Waals surface area contributed by atoms with Gasteiger partial charge in [-0.15, -0.1) is 22.7 Å². The van der Waals surface area contributed by atoms with Crippen molar-refractivity contribution in [1.29, 1.82) is 10.5 Å². The lowest BCUT2D eigenvalue weighted by atomic mass is 10.1. The van der Waals surface area contributed by atoms with Crippen molar-refractivity contribution in [1.82, 2.24) is 4.98 Å². The van der Waals surface area contributed by atoms with E-state index in [2.05, 4.69) is 11.1 Å². The second kappa shape index (κ2) is 5.76. The van der Waals surface area contributed by atoms with E-state index < -0.39 is 0 Å². The minimum atomic E-state index is 0.0549. The molecule has 2 aromatic heterocycles. The molecule has 0 N–H and O–H groups in total. The highest BCUT2D eigenvalue weighted by Gasteiger charge is 2.13.